The summed E-state index contributed by atoms with van der Waals surface area (Å²) in [6.07, 6.45) is 2.36. The fourth-order valence-corrected chi connectivity index (χ4v) is 5.01. The van der Waals surface area contributed by atoms with Gasteiger partial charge in [-0.15, -0.1) is 0 Å². The molecule has 4 rings (SSSR count). The van der Waals surface area contributed by atoms with Crippen molar-refractivity contribution in [3.63, 3.8) is 0 Å². The SMILES string of the molecule is CCOc1cc(C=Nn2c([C@H](C)CC)nc3ccc(Br)cc3c2=O)cc(I)c1OCC(=O)Nc1cccc(F)c1. The summed E-state index contributed by atoms with van der Waals surface area (Å²) in [4.78, 5) is 30.6. The molecule has 3 aromatic carbocycles. The van der Waals surface area contributed by atoms with Gasteiger partial charge in [0.15, 0.2) is 18.1 Å². The van der Waals surface area contributed by atoms with Crippen molar-refractivity contribution in [2.24, 2.45) is 5.10 Å². The van der Waals surface area contributed by atoms with E-state index in [1.54, 1.807) is 24.4 Å². The van der Waals surface area contributed by atoms with Gasteiger partial charge in [0.1, 0.15) is 11.6 Å². The van der Waals surface area contributed by atoms with Crippen molar-refractivity contribution in [2.75, 3.05) is 18.5 Å². The molecule has 208 valence electrons. The van der Waals surface area contributed by atoms with Crippen molar-refractivity contribution < 1.29 is 18.7 Å². The molecule has 11 heteroatoms. The molecule has 0 aliphatic carbocycles. The predicted molar refractivity (Wildman–Crippen MR) is 166 cm³/mol. The van der Waals surface area contributed by atoms with Crippen LogP contribution in [-0.2, 0) is 4.79 Å². The highest BCUT2D eigenvalue weighted by Crippen LogP contribution is 2.34. The van der Waals surface area contributed by atoms with Gasteiger partial charge in [-0.25, -0.2) is 9.37 Å². The van der Waals surface area contributed by atoms with E-state index in [2.05, 4.69) is 48.9 Å². The van der Waals surface area contributed by atoms with Crippen LogP contribution in [-0.4, -0.2) is 35.0 Å². The van der Waals surface area contributed by atoms with Crippen molar-refractivity contribution in [3.05, 3.63) is 90.2 Å². The van der Waals surface area contributed by atoms with Crippen LogP contribution in [0.5, 0.6) is 11.5 Å². The molecule has 0 unspecified atom stereocenters. The first-order chi connectivity index (χ1) is 19.2. The third-order valence-corrected chi connectivity index (χ3v) is 7.29. The van der Waals surface area contributed by atoms with E-state index in [-0.39, 0.29) is 18.1 Å². The summed E-state index contributed by atoms with van der Waals surface area (Å²) in [7, 11) is 0. The number of ether oxygens (including phenoxy) is 2. The van der Waals surface area contributed by atoms with Gasteiger partial charge in [-0.3, -0.25) is 9.59 Å². The number of nitrogens with zero attached hydrogens (tertiary/aromatic N) is 3. The van der Waals surface area contributed by atoms with E-state index in [9.17, 15) is 14.0 Å². The number of hydrogen-bond acceptors (Lipinski definition) is 6. The van der Waals surface area contributed by atoms with Crippen LogP contribution in [0.4, 0.5) is 10.1 Å². The molecule has 1 aromatic heterocycles. The minimum Gasteiger partial charge on any atom is -0.490 e. The van der Waals surface area contributed by atoms with E-state index in [1.807, 2.05) is 39.0 Å². The summed E-state index contributed by atoms with van der Waals surface area (Å²) < 4.78 is 27.8. The summed E-state index contributed by atoms with van der Waals surface area (Å²) in [5, 5.41) is 7.60. The number of hydrogen-bond donors (Lipinski definition) is 1. The number of anilines is 1. The van der Waals surface area contributed by atoms with Crippen LogP contribution in [0.15, 0.2) is 69.0 Å². The molecule has 0 radical (unpaired) electrons. The summed E-state index contributed by atoms with van der Waals surface area (Å²) in [5.74, 6) is 0.499. The Balaban J connectivity index is 1.63. The number of carbonyl (C=O) groups excluding carboxylic acids is 1. The quantitative estimate of drug-likeness (QED) is 0.145. The lowest BCUT2D eigenvalue weighted by molar-refractivity contribution is -0.118. The Hall–Kier alpha value is -3.32. The lowest BCUT2D eigenvalue weighted by Gasteiger charge is -2.15. The number of amides is 1. The van der Waals surface area contributed by atoms with E-state index in [0.717, 1.165) is 10.9 Å². The molecule has 0 aliphatic heterocycles. The number of rotatable bonds is 10. The van der Waals surface area contributed by atoms with Gasteiger partial charge in [-0.05, 0) is 90.0 Å². The van der Waals surface area contributed by atoms with E-state index in [1.165, 1.54) is 22.9 Å². The molecule has 0 saturated heterocycles. The van der Waals surface area contributed by atoms with Gasteiger partial charge < -0.3 is 14.8 Å². The molecule has 0 bridgehead atoms. The molecule has 8 nitrogen and oxygen atoms in total. The zero-order valence-corrected chi connectivity index (χ0v) is 25.8. The third-order valence-electron chi connectivity index (χ3n) is 6.00. The maximum Gasteiger partial charge on any atom is 0.282 e. The van der Waals surface area contributed by atoms with Crippen molar-refractivity contribution in [1.29, 1.82) is 0 Å². The molecule has 0 spiro atoms. The van der Waals surface area contributed by atoms with Crippen LogP contribution in [0.3, 0.4) is 0 Å². The Morgan fingerprint density at radius 3 is 2.73 bits per heavy atom. The molecular weight excluding hydrogens is 694 g/mol. The van der Waals surface area contributed by atoms with Gasteiger partial charge in [0, 0.05) is 16.1 Å². The second kappa shape index (κ2) is 13.4. The molecule has 1 atom stereocenters. The Kier molecular flexibility index (Phi) is 9.90. The van der Waals surface area contributed by atoms with Crippen LogP contribution in [0, 0.1) is 9.39 Å². The van der Waals surface area contributed by atoms with Crippen molar-refractivity contribution >= 4 is 67.2 Å². The van der Waals surface area contributed by atoms with Crippen LogP contribution in [0.1, 0.15) is 44.5 Å². The summed E-state index contributed by atoms with van der Waals surface area (Å²) in [6, 6.07) is 14.6. The van der Waals surface area contributed by atoms with Crippen LogP contribution >= 0.6 is 38.5 Å². The number of fused-ring (bicyclic) bond motifs is 1. The van der Waals surface area contributed by atoms with Gasteiger partial charge in [0.05, 0.1) is 27.3 Å². The van der Waals surface area contributed by atoms with Crippen molar-refractivity contribution in [1.82, 2.24) is 9.66 Å². The maximum absolute atomic E-state index is 13.4. The van der Waals surface area contributed by atoms with Crippen molar-refractivity contribution in [2.45, 2.75) is 33.1 Å². The zero-order valence-electron chi connectivity index (χ0n) is 22.1. The Bertz CT molecular complexity index is 1640. The van der Waals surface area contributed by atoms with Crippen LogP contribution in [0.25, 0.3) is 10.9 Å². The highest BCUT2D eigenvalue weighted by Gasteiger charge is 2.17. The topological polar surface area (TPSA) is 94.8 Å². The first-order valence-electron chi connectivity index (χ1n) is 12.6. The molecule has 0 aliphatic rings. The molecule has 1 N–H and O–H groups in total. The van der Waals surface area contributed by atoms with E-state index in [0.29, 0.717) is 49.7 Å². The lowest BCUT2D eigenvalue weighted by atomic mass is 10.1. The maximum atomic E-state index is 13.4. The Morgan fingerprint density at radius 1 is 1.20 bits per heavy atom. The standard InChI is InChI=1S/C29H27BrFIN4O4/c1-4-17(3)28-35-24-10-9-19(30)13-22(24)29(38)36(28)33-15-18-11-23(32)27(25(12-18)39-5-2)40-16-26(37)34-21-8-6-7-20(31)14-21/h6-15,17H,4-5,16H2,1-3H3,(H,34,37)/t17-/m1/s1. The highest BCUT2D eigenvalue weighted by molar-refractivity contribution is 14.1. The molecule has 0 saturated carbocycles. The number of halogens is 3. The molecule has 1 amide bonds. The fourth-order valence-electron chi connectivity index (χ4n) is 3.87. The minimum absolute atomic E-state index is 0.00585. The molecule has 0 fully saturated rings. The average Bonchev–Trinajstić information content (AvgIpc) is 2.92. The first-order valence-corrected chi connectivity index (χ1v) is 14.5. The molecular formula is C29H27BrFIN4O4. The van der Waals surface area contributed by atoms with E-state index >= 15 is 0 Å². The van der Waals surface area contributed by atoms with E-state index in [4.69, 9.17) is 14.5 Å². The van der Waals surface area contributed by atoms with Gasteiger partial charge in [-0.1, -0.05) is 35.8 Å². The lowest BCUT2D eigenvalue weighted by Crippen LogP contribution is -2.23. The van der Waals surface area contributed by atoms with Crippen LogP contribution < -0.4 is 20.3 Å². The Labute approximate surface area is 252 Å². The average molecular weight is 721 g/mol. The predicted octanol–water partition coefficient (Wildman–Crippen LogP) is 6.71. The highest BCUT2D eigenvalue weighted by atomic mass is 127. The minimum atomic E-state index is -0.449. The number of carbonyl (C=O) groups is 1. The Morgan fingerprint density at radius 2 is 2.00 bits per heavy atom. The van der Waals surface area contributed by atoms with Gasteiger partial charge in [0.2, 0.25) is 0 Å². The number of nitrogens with one attached hydrogen (secondary N) is 1. The second-order valence-corrected chi connectivity index (χ2v) is 11.0. The zero-order chi connectivity index (χ0) is 28.8. The normalized spacial score (nSPS) is 12.1. The van der Waals surface area contributed by atoms with Crippen molar-refractivity contribution in [3.8, 4) is 11.5 Å². The van der Waals surface area contributed by atoms with Gasteiger partial charge in [0.25, 0.3) is 11.5 Å². The smallest absolute Gasteiger partial charge is 0.282 e. The van der Waals surface area contributed by atoms with Gasteiger partial charge >= 0.3 is 0 Å². The largest absolute Gasteiger partial charge is 0.490 e. The molecule has 40 heavy (non-hydrogen) atoms. The summed E-state index contributed by atoms with van der Waals surface area (Å²) in [5.41, 5.74) is 1.36. The monoisotopic (exact) mass is 720 g/mol. The molecule has 4 aromatic rings. The second-order valence-electron chi connectivity index (χ2n) is 8.91. The number of benzene rings is 3. The summed E-state index contributed by atoms with van der Waals surface area (Å²) >= 11 is 5.52. The van der Waals surface area contributed by atoms with E-state index < -0.39 is 11.7 Å². The van der Waals surface area contributed by atoms with Gasteiger partial charge in [-0.2, -0.15) is 9.78 Å². The first kappa shape index (κ1) is 29.7. The summed E-state index contributed by atoms with van der Waals surface area (Å²) in [6.45, 7) is 5.94. The molecule has 1 heterocycles. The van der Waals surface area contributed by atoms with Crippen LogP contribution in [0.2, 0.25) is 0 Å². The third kappa shape index (κ3) is 7.05. The fraction of sp³-hybridized carbons (Fsp3) is 0.241. The number of aromatic nitrogens is 2.